The first kappa shape index (κ1) is 18.1. The Labute approximate surface area is 133 Å². The fourth-order valence-electron chi connectivity index (χ4n) is 2.16. The lowest BCUT2D eigenvalue weighted by Crippen LogP contribution is -2.25. The van der Waals surface area contributed by atoms with Crippen LogP contribution in [0.25, 0.3) is 0 Å². The molecule has 2 N–H and O–H groups in total. The molecule has 1 atom stereocenters. The monoisotopic (exact) mass is 312 g/mol. The molecule has 1 unspecified atom stereocenters. The first-order valence-corrected chi connectivity index (χ1v) is 8.59. The molecule has 0 aliphatic heterocycles. The zero-order chi connectivity index (χ0) is 15.7. The van der Waals surface area contributed by atoms with Gasteiger partial charge in [-0.15, -0.1) is 0 Å². The van der Waals surface area contributed by atoms with Crippen LogP contribution >= 0.6 is 11.8 Å². The van der Waals surface area contributed by atoms with Gasteiger partial charge in [0.15, 0.2) is 0 Å². The van der Waals surface area contributed by atoms with Crippen molar-refractivity contribution < 1.29 is 9.47 Å². The number of hydrogen-bond acceptors (Lipinski definition) is 5. The second kappa shape index (κ2) is 9.92. The molecular formula is C16H28N2O2S. The van der Waals surface area contributed by atoms with Gasteiger partial charge in [-0.3, -0.25) is 0 Å². The molecule has 0 bridgehead atoms. The van der Waals surface area contributed by atoms with Gasteiger partial charge in [0.2, 0.25) is 0 Å². The van der Waals surface area contributed by atoms with E-state index < -0.39 is 0 Å². The highest BCUT2D eigenvalue weighted by molar-refractivity contribution is 7.99. The molecular weight excluding hydrogens is 284 g/mol. The molecule has 0 radical (unpaired) electrons. The number of nitrogens with zero attached hydrogens (tertiary/aromatic N) is 1. The molecule has 0 heterocycles. The molecule has 4 nitrogen and oxygen atoms in total. The quantitative estimate of drug-likeness (QED) is 0.673. The summed E-state index contributed by atoms with van der Waals surface area (Å²) in [5.41, 5.74) is 7.33. The highest BCUT2D eigenvalue weighted by atomic mass is 32.2. The first-order valence-electron chi connectivity index (χ1n) is 7.43. The summed E-state index contributed by atoms with van der Waals surface area (Å²) in [5.74, 6) is 3.58. The lowest BCUT2D eigenvalue weighted by Gasteiger charge is -2.19. The van der Waals surface area contributed by atoms with Crippen molar-refractivity contribution in [3.63, 3.8) is 0 Å². The summed E-state index contributed by atoms with van der Waals surface area (Å²) in [7, 11) is 3.32. The van der Waals surface area contributed by atoms with E-state index in [1.165, 1.54) is 0 Å². The van der Waals surface area contributed by atoms with Gasteiger partial charge in [0.05, 0.1) is 14.2 Å². The fourth-order valence-corrected chi connectivity index (χ4v) is 3.15. The molecule has 0 fully saturated rings. The van der Waals surface area contributed by atoms with Crippen LogP contribution in [0.3, 0.4) is 0 Å². The van der Waals surface area contributed by atoms with Crippen molar-refractivity contribution in [1.82, 2.24) is 4.90 Å². The molecule has 0 amide bonds. The van der Waals surface area contributed by atoms with E-state index in [1.807, 2.05) is 30.0 Å². The molecule has 1 rings (SSSR count). The minimum atomic E-state index is -0.0208. The van der Waals surface area contributed by atoms with Crippen LogP contribution in [0, 0.1) is 0 Å². The van der Waals surface area contributed by atoms with Gasteiger partial charge < -0.3 is 20.1 Å². The Morgan fingerprint density at radius 2 is 1.90 bits per heavy atom. The van der Waals surface area contributed by atoms with Crippen molar-refractivity contribution in [2.45, 2.75) is 19.9 Å². The third kappa shape index (κ3) is 5.77. The van der Waals surface area contributed by atoms with Gasteiger partial charge in [0.1, 0.15) is 11.5 Å². The molecule has 0 saturated carbocycles. The Hall–Kier alpha value is -0.910. The number of ether oxygens (including phenoxy) is 2. The van der Waals surface area contributed by atoms with Crippen LogP contribution in [0.1, 0.15) is 25.5 Å². The van der Waals surface area contributed by atoms with Gasteiger partial charge in [-0.25, -0.2) is 0 Å². The van der Waals surface area contributed by atoms with Crippen LogP contribution in [0.15, 0.2) is 18.2 Å². The lowest BCUT2D eigenvalue weighted by molar-refractivity contribution is 0.324. The molecule has 1 aromatic carbocycles. The maximum atomic E-state index is 6.29. The average molecular weight is 312 g/mol. The second-order valence-electron chi connectivity index (χ2n) is 4.82. The van der Waals surface area contributed by atoms with E-state index in [0.29, 0.717) is 0 Å². The van der Waals surface area contributed by atoms with Crippen molar-refractivity contribution in [2.24, 2.45) is 5.73 Å². The largest absolute Gasteiger partial charge is 0.497 e. The molecule has 120 valence electrons. The third-order valence-electron chi connectivity index (χ3n) is 3.58. The van der Waals surface area contributed by atoms with Crippen LogP contribution in [-0.2, 0) is 0 Å². The van der Waals surface area contributed by atoms with Crippen LogP contribution in [0.2, 0.25) is 0 Å². The van der Waals surface area contributed by atoms with Crippen molar-refractivity contribution in [1.29, 1.82) is 0 Å². The molecule has 0 saturated heterocycles. The zero-order valence-corrected chi connectivity index (χ0v) is 14.4. The maximum absolute atomic E-state index is 6.29. The normalized spacial score (nSPS) is 12.5. The van der Waals surface area contributed by atoms with Gasteiger partial charge in [0.25, 0.3) is 0 Å². The van der Waals surface area contributed by atoms with E-state index >= 15 is 0 Å². The van der Waals surface area contributed by atoms with E-state index in [2.05, 4.69) is 18.7 Å². The standard InChI is InChI=1S/C16H28N2O2S/c1-5-18(6-2)9-10-21-12-15(17)14-8-7-13(19-3)11-16(14)20-4/h7-8,11,15H,5-6,9-10,12,17H2,1-4H3. The van der Waals surface area contributed by atoms with Crippen LogP contribution in [0.5, 0.6) is 11.5 Å². The first-order chi connectivity index (χ1) is 10.2. The van der Waals surface area contributed by atoms with Gasteiger partial charge in [-0.05, 0) is 19.2 Å². The highest BCUT2D eigenvalue weighted by Crippen LogP contribution is 2.29. The molecule has 0 aliphatic rings. The summed E-state index contributed by atoms with van der Waals surface area (Å²) in [6, 6.07) is 5.79. The van der Waals surface area contributed by atoms with Crippen molar-refractivity contribution >= 4 is 11.8 Å². The van der Waals surface area contributed by atoms with E-state index in [9.17, 15) is 0 Å². The minimum absolute atomic E-state index is 0.0208. The SMILES string of the molecule is CCN(CC)CCSCC(N)c1ccc(OC)cc1OC. The smallest absolute Gasteiger partial charge is 0.127 e. The lowest BCUT2D eigenvalue weighted by atomic mass is 10.1. The van der Waals surface area contributed by atoms with Crippen molar-refractivity contribution in [2.75, 3.05) is 45.4 Å². The molecule has 1 aromatic rings. The Bertz CT molecular complexity index is 411. The fraction of sp³-hybridized carbons (Fsp3) is 0.625. The molecule has 5 heteroatoms. The van der Waals surface area contributed by atoms with Crippen LogP contribution in [-0.4, -0.2) is 50.3 Å². The number of benzene rings is 1. The van der Waals surface area contributed by atoms with E-state index in [-0.39, 0.29) is 6.04 Å². The summed E-state index contributed by atoms with van der Waals surface area (Å²) in [6.07, 6.45) is 0. The number of methoxy groups -OCH3 is 2. The topological polar surface area (TPSA) is 47.7 Å². The molecule has 0 aromatic heterocycles. The van der Waals surface area contributed by atoms with Gasteiger partial charge in [0, 0.05) is 35.7 Å². The second-order valence-corrected chi connectivity index (χ2v) is 5.97. The molecule has 0 aliphatic carbocycles. The van der Waals surface area contributed by atoms with Gasteiger partial charge >= 0.3 is 0 Å². The number of hydrogen-bond donors (Lipinski definition) is 1. The minimum Gasteiger partial charge on any atom is -0.497 e. The van der Waals surface area contributed by atoms with Gasteiger partial charge in [-0.1, -0.05) is 19.9 Å². The van der Waals surface area contributed by atoms with E-state index in [0.717, 1.165) is 48.2 Å². The molecule has 21 heavy (non-hydrogen) atoms. The zero-order valence-electron chi connectivity index (χ0n) is 13.6. The summed E-state index contributed by atoms with van der Waals surface area (Å²) < 4.78 is 10.6. The predicted molar refractivity (Wildman–Crippen MR) is 91.6 cm³/mol. The Morgan fingerprint density at radius 1 is 1.19 bits per heavy atom. The van der Waals surface area contributed by atoms with Gasteiger partial charge in [-0.2, -0.15) is 11.8 Å². The number of thioether (sulfide) groups is 1. The number of nitrogens with two attached hydrogens (primary N) is 1. The summed E-state index contributed by atoms with van der Waals surface area (Å²) >= 11 is 1.89. The van der Waals surface area contributed by atoms with Crippen LogP contribution < -0.4 is 15.2 Å². The maximum Gasteiger partial charge on any atom is 0.127 e. The Kier molecular flexibility index (Phi) is 8.57. The van der Waals surface area contributed by atoms with Crippen LogP contribution in [0.4, 0.5) is 0 Å². The van der Waals surface area contributed by atoms with E-state index in [4.69, 9.17) is 15.2 Å². The average Bonchev–Trinajstić information content (AvgIpc) is 2.54. The Morgan fingerprint density at radius 3 is 2.48 bits per heavy atom. The Balaban J connectivity index is 2.50. The van der Waals surface area contributed by atoms with E-state index in [1.54, 1.807) is 14.2 Å². The summed E-state index contributed by atoms with van der Waals surface area (Å²) in [5, 5.41) is 0. The molecule has 0 spiro atoms. The number of rotatable bonds is 10. The van der Waals surface area contributed by atoms with Crippen molar-refractivity contribution in [3.05, 3.63) is 23.8 Å². The highest BCUT2D eigenvalue weighted by Gasteiger charge is 2.13. The summed E-state index contributed by atoms with van der Waals surface area (Å²) in [4.78, 5) is 2.42. The predicted octanol–water partition coefficient (Wildman–Crippen LogP) is 2.78. The third-order valence-corrected chi connectivity index (χ3v) is 4.65. The van der Waals surface area contributed by atoms with Crippen molar-refractivity contribution in [3.8, 4) is 11.5 Å². The summed E-state index contributed by atoms with van der Waals surface area (Å²) in [6.45, 7) is 7.72.